The molecule has 0 fully saturated rings. The van der Waals surface area contributed by atoms with Gasteiger partial charge >= 0.3 is 0 Å². The Morgan fingerprint density at radius 2 is 2.30 bits per heavy atom. The van der Waals surface area contributed by atoms with E-state index in [1.807, 2.05) is 19.9 Å². The summed E-state index contributed by atoms with van der Waals surface area (Å²) in [5, 5.41) is 0. The highest BCUT2D eigenvalue weighted by atomic mass is 16.1. The fraction of sp³-hybridized carbons (Fsp3) is 0.222. The monoisotopic (exact) mass is 135 g/mol. The molecule has 1 rings (SSSR count). The highest BCUT2D eigenvalue weighted by Gasteiger charge is 1.93. The van der Waals surface area contributed by atoms with Crippen molar-refractivity contribution in [1.82, 2.24) is 0 Å². The molecule has 0 saturated heterocycles. The molecule has 0 aliphatic carbocycles. The number of benzene rings is 1. The van der Waals surface area contributed by atoms with E-state index in [2.05, 4.69) is 0 Å². The van der Waals surface area contributed by atoms with Crippen LogP contribution in [-0.4, -0.2) is 6.29 Å². The zero-order valence-electron chi connectivity index (χ0n) is 7.14. The van der Waals surface area contributed by atoms with Crippen LogP contribution in [0, 0.1) is 13.8 Å². The minimum Gasteiger partial charge on any atom is -0.298 e. The van der Waals surface area contributed by atoms with E-state index in [1.54, 1.807) is 6.07 Å². The molecule has 0 aromatic heterocycles. The molecule has 0 N–H and O–H groups in total. The molecule has 0 bridgehead atoms. The molecule has 1 aromatic carbocycles. The Morgan fingerprint density at radius 3 is 2.80 bits per heavy atom. The zero-order valence-corrected chi connectivity index (χ0v) is 6.14. The lowest BCUT2D eigenvalue weighted by Gasteiger charge is -1.97. The zero-order chi connectivity index (χ0) is 8.43. The molecule has 0 radical (unpaired) electrons. The maximum absolute atomic E-state index is 10.4. The molecule has 0 atom stereocenters. The highest BCUT2D eigenvalue weighted by Crippen LogP contribution is 2.07. The average molecular weight is 135 g/mol. The van der Waals surface area contributed by atoms with Gasteiger partial charge in [0.1, 0.15) is 6.29 Å². The molecule has 0 heterocycles. The molecule has 1 aromatic rings. The lowest BCUT2D eigenvalue weighted by Crippen LogP contribution is -1.85. The Morgan fingerprint density at radius 1 is 1.60 bits per heavy atom. The topological polar surface area (TPSA) is 17.1 Å². The van der Waals surface area contributed by atoms with E-state index >= 15 is 0 Å². The summed E-state index contributed by atoms with van der Waals surface area (Å²) >= 11 is 0. The number of rotatable bonds is 1. The van der Waals surface area contributed by atoms with Crippen molar-refractivity contribution in [2.75, 3.05) is 0 Å². The van der Waals surface area contributed by atoms with Crippen LogP contribution in [0.25, 0.3) is 0 Å². The summed E-state index contributed by atoms with van der Waals surface area (Å²) in [5.41, 5.74) is 2.40. The van der Waals surface area contributed by atoms with Crippen molar-refractivity contribution in [3.05, 3.63) is 34.9 Å². The third-order valence-electron chi connectivity index (χ3n) is 1.44. The van der Waals surface area contributed by atoms with Gasteiger partial charge < -0.3 is 0 Å². The minimum absolute atomic E-state index is 0.317. The van der Waals surface area contributed by atoms with Gasteiger partial charge in [0.2, 0.25) is 0 Å². The van der Waals surface area contributed by atoms with Crippen LogP contribution in [0.2, 0.25) is 0 Å². The largest absolute Gasteiger partial charge is 0.298 e. The van der Waals surface area contributed by atoms with Gasteiger partial charge in [-0.1, -0.05) is 23.7 Å². The van der Waals surface area contributed by atoms with E-state index in [-0.39, 0.29) is 0 Å². The number of hydrogen-bond donors (Lipinski definition) is 0. The average Bonchev–Trinajstić information content (AvgIpc) is 1.85. The maximum Gasteiger partial charge on any atom is 0.150 e. The predicted molar refractivity (Wildman–Crippen MR) is 41.3 cm³/mol. The normalized spacial score (nSPS) is 10.8. The second-order valence-electron chi connectivity index (χ2n) is 2.39. The fourth-order valence-electron chi connectivity index (χ4n) is 0.893. The molecule has 1 heteroatoms. The van der Waals surface area contributed by atoms with Crippen LogP contribution in [0.1, 0.15) is 22.9 Å². The van der Waals surface area contributed by atoms with Gasteiger partial charge in [-0.3, -0.25) is 4.79 Å². The SMILES string of the molecule is [2H]c1cc(C)cc(C)c1C=O. The van der Waals surface area contributed by atoms with Gasteiger partial charge in [0.05, 0.1) is 1.37 Å². The summed E-state index contributed by atoms with van der Waals surface area (Å²) in [4.78, 5) is 10.4. The van der Waals surface area contributed by atoms with Crippen LogP contribution in [0.5, 0.6) is 0 Å². The van der Waals surface area contributed by atoms with Crippen molar-refractivity contribution >= 4 is 6.29 Å². The molecule has 0 spiro atoms. The number of aryl methyl sites for hydroxylation is 2. The van der Waals surface area contributed by atoms with Gasteiger partial charge in [0.15, 0.2) is 0 Å². The van der Waals surface area contributed by atoms with E-state index in [0.29, 0.717) is 11.6 Å². The van der Waals surface area contributed by atoms with Crippen LogP contribution in [0.4, 0.5) is 0 Å². The lowest BCUT2D eigenvalue weighted by molar-refractivity contribution is 0.112. The van der Waals surface area contributed by atoms with Crippen molar-refractivity contribution in [3.63, 3.8) is 0 Å². The molecule has 0 saturated carbocycles. The van der Waals surface area contributed by atoms with Crippen molar-refractivity contribution in [1.29, 1.82) is 0 Å². The summed E-state index contributed by atoms with van der Waals surface area (Å²) in [7, 11) is 0. The van der Waals surface area contributed by atoms with E-state index < -0.39 is 0 Å². The maximum atomic E-state index is 10.4. The molecule has 10 heavy (non-hydrogen) atoms. The molecule has 0 aliphatic rings. The van der Waals surface area contributed by atoms with E-state index in [0.717, 1.165) is 17.4 Å². The first-order valence-corrected chi connectivity index (χ1v) is 3.18. The molecule has 52 valence electrons. The summed E-state index contributed by atoms with van der Waals surface area (Å²) in [6.07, 6.45) is 0.733. The number of carbonyl (C=O) groups excluding carboxylic acids is 1. The minimum atomic E-state index is 0.317. The standard InChI is InChI=1S/C9H10O/c1-7-3-4-9(6-10)8(2)5-7/h3-6H,1-2H3/i4D. The van der Waals surface area contributed by atoms with Crippen molar-refractivity contribution in [3.8, 4) is 0 Å². The first kappa shape index (κ1) is 5.66. The molecule has 1 nitrogen and oxygen atoms in total. The third kappa shape index (κ3) is 1.24. The second-order valence-corrected chi connectivity index (χ2v) is 2.39. The number of aldehydes is 1. The molecular formula is C9H10O. The quantitative estimate of drug-likeness (QED) is 0.539. The lowest BCUT2D eigenvalue weighted by atomic mass is 10.1. The first-order chi connectivity index (χ1) is 5.15. The van der Waals surface area contributed by atoms with E-state index in [4.69, 9.17) is 1.37 Å². The van der Waals surface area contributed by atoms with Gasteiger partial charge in [-0.25, -0.2) is 0 Å². The van der Waals surface area contributed by atoms with E-state index in [9.17, 15) is 4.79 Å². The molecule has 0 aliphatic heterocycles. The van der Waals surface area contributed by atoms with Gasteiger partial charge in [-0.2, -0.15) is 0 Å². The summed E-state index contributed by atoms with van der Waals surface area (Å²) in [6, 6.07) is 3.91. The van der Waals surface area contributed by atoms with Crippen LogP contribution < -0.4 is 0 Å². The van der Waals surface area contributed by atoms with Crippen LogP contribution >= 0.6 is 0 Å². The van der Waals surface area contributed by atoms with Crippen LogP contribution in [-0.2, 0) is 0 Å². The Bertz CT molecular complexity index is 269. The Labute approximate surface area is 62.1 Å². The van der Waals surface area contributed by atoms with Crippen molar-refractivity contribution < 1.29 is 6.17 Å². The summed E-state index contributed by atoms with van der Waals surface area (Å²) in [6.45, 7) is 3.76. The summed E-state index contributed by atoms with van der Waals surface area (Å²) in [5.74, 6) is 0. The highest BCUT2D eigenvalue weighted by molar-refractivity contribution is 5.77. The Kier molecular flexibility index (Phi) is 1.50. The number of hydrogen-bond acceptors (Lipinski definition) is 1. The molecule has 0 amide bonds. The first-order valence-electron chi connectivity index (χ1n) is 3.68. The van der Waals surface area contributed by atoms with Gasteiger partial charge in [0.25, 0.3) is 0 Å². The Hall–Kier alpha value is -1.11. The summed E-state index contributed by atoms with van der Waals surface area (Å²) < 4.78 is 7.42. The van der Waals surface area contributed by atoms with Gasteiger partial charge in [-0.15, -0.1) is 0 Å². The number of carbonyl (C=O) groups is 1. The molecule has 0 unspecified atom stereocenters. The van der Waals surface area contributed by atoms with Crippen LogP contribution in [0.3, 0.4) is 0 Å². The van der Waals surface area contributed by atoms with Crippen LogP contribution in [0.15, 0.2) is 18.2 Å². The van der Waals surface area contributed by atoms with Crippen molar-refractivity contribution in [2.45, 2.75) is 13.8 Å². The van der Waals surface area contributed by atoms with Crippen molar-refractivity contribution in [2.24, 2.45) is 0 Å². The van der Waals surface area contributed by atoms with Gasteiger partial charge in [-0.05, 0) is 19.4 Å². The molecular weight excluding hydrogens is 124 g/mol. The second kappa shape index (κ2) is 2.65. The van der Waals surface area contributed by atoms with Gasteiger partial charge in [0, 0.05) is 5.56 Å². The smallest absolute Gasteiger partial charge is 0.150 e. The third-order valence-corrected chi connectivity index (χ3v) is 1.44. The fourth-order valence-corrected chi connectivity index (χ4v) is 0.893. The Balaban J connectivity index is 3.36. The van der Waals surface area contributed by atoms with E-state index in [1.165, 1.54) is 0 Å². The predicted octanol–water partition coefficient (Wildman–Crippen LogP) is 2.12.